The third-order valence-corrected chi connectivity index (χ3v) is 4.55. The van der Waals surface area contributed by atoms with E-state index in [0.717, 1.165) is 11.1 Å². The van der Waals surface area contributed by atoms with E-state index in [1.807, 2.05) is 18.0 Å². The molecule has 0 amide bonds. The minimum atomic E-state index is -0.931. The van der Waals surface area contributed by atoms with E-state index in [2.05, 4.69) is 0 Å². The van der Waals surface area contributed by atoms with E-state index in [1.54, 1.807) is 31.4 Å². The predicted molar refractivity (Wildman–Crippen MR) is 99.1 cm³/mol. The molecule has 6 nitrogen and oxygen atoms in total. The van der Waals surface area contributed by atoms with E-state index in [-0.39, 0.29) is 18.1 Å². The molecule has 0 aliphatic carbocycles. The van der Waals surface area contributed by atoms with Crippen LogP contribution in [0.1, 0.15) is 22.8 Å². The number of aliphatic hydroxyl groups excluding tert-OH is 2. The van der Waals surface area contributed by atoms with E-state index in [0.29, 0.717) is 25.1 Å². The largest absolute Gasteiger partial charge is 0.508 e. The first-order chi connectivity index (χ1) is 12.5. The Morgan fingerprint density at radius 2 is 1.77 bits per heavy atom. The number of hydrogen-bond acceptors (Lipinski definition) is 6. The van der Waals surface area contributed by atoms with Gasteiger partial charge in [0.15, 0.2) is 0 Å². The molecular weight excluding hydrogens is 334 g/mol. The predicted octanol–water partition coefficient (Wildman–Crippen LogP) is 1.81. The normalized spacial score (nSPS) is 13.7. The molecule has 26 heavy (non-hydrogen) atoms. The Morgan fingerprint density at radius 1 is 1.04 bits per heavy atom. The van der Waals surface area contributed by atoms with Gasteiger partial charge in [-0.05, 0) is 54.4 Å². The Kier molecular flexibility index (Phi) is 7.41. The summed E-state index contributed by atoms with van der Waals surface area (Å²) in [5, 5.41) is 39.7. The minimum absolute atomic E-state index is 0.0739. The summed E-state index contributed by atoms with van der Waals surface area (Å²) in [5.74, 6) is 0.269. The average Bonchev–Trinajstić information content (AvgIpc) is 2.62. The summed E-state index contributed by atoms with van der Waals surface area (Å²) in [6.07, 6.45) is -0.299. The lowest BCUT2D eigenvalue weighted by Gasteiger charge is -2.31. The monoisotopic (exact) mass is 361 g/mol. The van der Waals surface area contributed by atoms with Crippen molar-refractivity contribution in [1.29, 1.82) is 0 Å². The summed E-state index contributed by atoms with van der Waals surface area (Å²) in [4.78, 5) is 1.87. The van der Waals surface area contributed by atoms with Gasteiger partial charge < -0.3 is 25.2 Å². The summed E-state index contributed by atoms with van der Waals surface area (Å²) in [7, 11) is 3.45. The molecule has 2 unspecified atom stereocenters. The van der Waals surface area contributed by atoms with Gasteiger partial charge in [-0.15, -0.1) is 0 Å². The fourth-order valence-corrected chi connectivity index (χ4v) is 3.02. The van der Waals surface area contributed by atoms with Crippen molar-refractivity contribution in [3.05, 3.63) is 59.2 Å². The highest BCUT2D eigenvalue weighted by Crippen LogP contribution is 2.24. The highest BCUT2D eigenvalue weighted by atomic mass is 16.5. The van der Waals surface area contributed by atoms with Gasteiger partial charge in [-0.3, -0.25) is 4.90 Å². The molecule has 2 aromatic rings. The first-order valence-electron chi connectivity index (χ1n) is 8.54. The highest BCUT2D eigenvalue weighted by molar-refractivity contribution is 5.35. The number of hydrogen-bond donors (Lipinski definition) is 4. The van der Waals surface area contributed by atoms with Gasteiger partial charge in [-0.1, -0.05) is 18.2 Å². The number of aromatic hydroxyl groups is 2. The lowest BCUT2D eigenvalue weighted by Crippen LogP contribution is -2.40. The topological polar surface area (TPSA) is 93.4 Å². The molecule has 2 aromatic carbocycles. The number of rotatable bonds is 9. The van der Waals surface area contributed by atoms with Crippen LogP contribution in [0.3, 0.4) is 0 Å². The maximum atomic E-state index is 10.6. The van der Waals surface area contributed by atoms with Crippen molar-refractivity contribution in [2.75, 3.05) is 27.3 Å². The van der Waals surface area contributed by atoms with Gasteiger partial charge in [-0.25, -0.2) is 0 Å². The van der Waals surface area contributed by atoms with Gasteiger partial charge in [0, 0.05) is 13.7 Å². The molecule has 0 saturated heterocycles. The number of benzene rings is 2. The molecule has 0 heterocycles. The molecule has 4 N–H and O–H groups in total. The summed E-state index contributed by atoms with van der Waals surface area (Å²) in [6.45, 7) is 0.800. The summed E-state index contributed by atoms with van der Waals surface area (Å²) in [6, 6.07) is 11.1. The van der Waals surface area contributed by atoms with Crippen LogP contribution in [0.5, 0.6) is 11.5 Å². The van der Waals surface area contributed by atoms with Crippen molar-refractivity contribution in [2.45, 2.75) is 25.2 Å². The Labute approximate surface area is 153 Å². The van der Waals surface area contributed by atoms with E-state index in [1.165, 1.54) is 12.1 Å². The smallest absolute Gasteiger partial charge is 0.115 e. The van der Waals surface area contributed by atoms with Crippen molar-refractivity contribution in [3.8, 4) is 11.5 Å². The van der Waals surface area contributed by atoms with Gasteiger partial charge in [-0.2, -0.15) is 0 Å². The number of likely N-dealkylation sites (N-methyl/N-ethyl adjacent to an activating group) is 1. The Morgan fingerprint density at radius 3 is 2.42 bits per heavy atom. The van der Waals surface area contributed by atoms with E-state index in [9.17, 15) is 20.4 Å². The molecule has 0 bridgehead atoms. The SMILES string of the molecule is COCc1ccc(O)cc1CCN(C)C(CO)C(O)c1cccc(O)c1. The molecule has 0 fully saturated rings. The zero-order valence-corrected chi connectivity index (χ0v) is 15.2. The van der Waals surface area contributed by atoms with Crippen LogP contribution in [0.15, 0.2) is 42.5 Å². The molecule has 0 aliphatic rings. The minimum Gasteiger partial charge on any atom is -0.508 e. The fourth-order valence-electron chi connectivity index (χ4n) is 3.02. The summed E-state index contributed by atoms with van der Waals surface area (Å²) < 4.78 is 5.19. The van der Waals surface area contributed by atoms with Gasteiger partial charge in [0.25, 0.3) is 0 Å². The lowest BCUT2D eigenvalue weighted by atomic mass is 10.00. The number of nitrogens with zero attached hydrogens (tertiary/aromatic N) is 1. The first-order valence-corrected chi connectivity index (χ1v) is 8.54. The zero-order chi connectivity index (χ0) is 19.1. The van der Waals surface area contributed by atoms with Gasteiger partial charge in [0.2, 0.25) is 0 Å². The molecule has 0 aliphatic heterocycles. The molecule has 2 rings (SSSR count). The van der Waals surface area contributed by atoms with Crippen LogP contribution in [-0.2, 0) is 17.8 Å². The molecule has 0 aromatic heterocycles. The van der Waals surface area contributed by atoms with Gasteiger partial charge in [0.05, 0.1) is 25.4 Å². The average molecular weight is 361 g/mol. The van der Waals surface area contributed by atoms with Gasteiger partial charge in [0.1, 0.15) is 11.5 Å². The molecule has 2 atom stereocenters. The Hall–Kier alpha value is -2.12. The first kappa shape index (κ1) is 20.2. The zero-order valence-electron chi connectivity index (χ0n) is 15.2. The van der Waals surface area contributed by atoms with Crippen LogP contribution < -0.4 is 0 Å². The van der Waals surface area contributed by atoms with Crippen molar-refractivity contribution in [2.24, 2.45) is 0 Å². The molecule has 0 saturated carbocycles. The van der Waals surface area contributed by atoms with Crippen LogP contribution in [0.25, 0.3) is 0 Å². The second-order valence-corrected chi connectivity index (χ2v) is 6.41. The number of methoxy groups -OCH3 is 1. The van der Waals surface area contributed by atoms with E-state index < -0.39 is 12.1 Å². The third kappa shape index (κ3) is 5.19. The number of ether oxygens (including phenoxy) is 1. The Bertz CT molecular complexity index is 706. The molecule has 6 heteroatoms. The van der Waals surface area contributed by atoms with Crippen molar-refractivity contribution in [1.82, 2.24) is 4.90 Å². The second kappa shape index (κ2) is 9.54. The van der Waals surface area contributed by atoms with Gasteiger partial charge >= 0.3 is 0 Å². The number of phenolic OH excluding ortho intramolecular Hbond substituents is 2. The number of aliphatic hydroxyl groups is 2. The summed E-state index contributed by atoms with van der Waals surface area (Å²) >= 11 is 0. The summed E-state index contributed by atoms with van der Waals surface area (Å²) in [5.41, 5.74) is 2.50. The number of phenols is 2. The van der Waals surface area contributed by atoms with Crippen LogP contribution >= 0.6 is 0 Å². The van der Waals surface area contributed by atoms with Crippen LogP contribution in [0.4, 0.5) is 0 Å². The maximum Gasteiger partial charge on any atom is 0.115 e. The van der Waals surface area contributed by atoms with Crippen LogP contribution in [0.2, 0.25) is 0 Å². The fraction of sp³-hybridized carbons (Fsp3) is 0.400. The lowest BCUT2D eigenvalue weighted by molar-refractivity contribution is 0.0276. The molecule has 142 valence electrons. The van der Waals surface area contributed by atoms with Crippen molar-refractivity contribution in [3.63, 3.8) is 0 Å². The second-order valence-electron chi connectivity index (χ2n) is 6.41. The highest BCUT2D eigenvalue weighted by Gasteiger charge is 2.24. The van der Waals surface area contributed by atoms with E-state index in [4.69, 9.17) is 4.74 Å². The quantitative estimate of drug-likeness (QED) is 0.544. The maximum absolute atomic E-state index is 10.6. The van der Waals surface area contributed by atoms with Crippen molar-refractivity contribution >= 4 is 0 Å². The molecular formula is C20H27NO5. The standard InChI is InChI=1S/C20H27NO5/c1-21(9-8-14-10-18(24)7-6-16(14)13-26-2)19(12-22)20(25)15-4-3-5-17(23)11-15/h3-7,10-11,19-20,22-25H,8-9,12-13H2,1-2H3. The van der Waals surface area contributed by atoms with E-state index >= 15 is 0 Å². The third-order valence-electron chi connectivity index (χ3n) is 4.55. The Balaban J connectivity index is 2.07. The van der Waals surface area contributed by atoms with Crippen molar-refractivity contribution < 1.29 is 25.2 Å². The van der Waals surface area contributed by atoms with Crippen LogP contribution in [-0.4, -0.2) is 58.7 Å². The van der Waals surface area contributed by atoms with Crippen LogP contribution in [0, 0.1) is 0 Å². The molecule has 0 radical (unpaired) electrons. The molecule has 0 spiro atoms.